The molecule has 0 aromatic carbocycles. The van der Waals surface area contributed by atoms with Gasteiger partial charge in [-0.1, -0.05) is 6.07 Å². The number of hydrogen-bond donors (Lipinski definition) is 1. The van der Waals surface area contributed by atoms with Gasteiger partial charge in [-0.3, -0.25) is 4.90 Å². The lowest BCUT2D eigenvalue weighted by atomic mass is 10.1. The molecule has 4 heteroatoms. The minimum atomic E-state index is 0.463. The van der Waals surface area contributed by atoms with Gasteiger partial charge in [-0.15, -0.1) is 0 Å². The van der Waals surface area contributed by atoms with Crippen molar-refractivity contribution in [3.63, 3.8) is 0 Å². The fourth-order valence-corrected chi connectivity index (χ4v) is 3.14. The summed E-state index contributed by atoms with van der Waals surface area (Å²) >= 11 is 0. The second-order valence-corrected chi connectivity index (χ2v) is 5.60. The molecule has 0 aliphatic carbocycles. The third-order valence-corrected chi connectivity index (χ3v) is 4.10. The van der Waals surface area contributed by atoms with Crippen LogP contribution < -0.4 is 5.73 Å². The van der Waals surface area contributed by atoms with E-state index in [1.54, 1.807) is 0 Å². The maximum Gasteiger partial charge on any atom is 0.137 e. The Morgan fingerprint density at radius 3 is 3.00 bits per heavy atom. The highest BCUT2D eigenvalue weighted by Gasteiger charge is 2.29. The third-order valence-electron chi connectivity index (χ3n) is 4.10. The summed E-state index contributed by atoms with van der Waals surface area (Å²) < 4.78 is 2.13. The number of rotatable bonds is 3. The van der Waals surface area contributed by atoms with Crippen LogP contribution in [0.15, 0.2) is 24.4 Å². The normalized spacial score (nSPS) is 20.7. The van der Waals surface area contributed by atoms with Crippen LogP contribution >= 0.6 is 0 Å². The van der Waals surface area contributed by atoms with Gasteiger partial charge in [0.15, 0.2) is 0 Å². The Hall–Kier alpha value is -1.39. The first-order valence-corrected chi connectivity index (χ1v) is 7.13. The maximum atomic E-state index is 5.80. The smallest absolute Gasteiger partial charge is 0.137 e. The van der Waals surface area contributed by atoms with Gasteiger partial charge in [0, 0.05) is 24.5 Å². The van der Waals surface area contributed by atoms with Crippen molar-refractivity contribution in [2.45, 2.75) is 45.3 Å². The van der Waals surface area contributed by atoms with Crippen molar-refractivity contribution in [1.82, 2.24) is 14.3 Å². The number of fused-ring (bicyclic) bond motifs is 1. The Labute approximate surface area is 114 Å². The molecular formula is C15H22N4. The van der Waals surface area contributed by atoms with Crippen LogP contribution in [0.4, 0.5) is 0 Å². The zero-order chi connectivity index (χ0) is 13.4. The third kappa shape index (κ3) is 2.15. The molecule has 0 amide bonds. The first-order chi connectivity index (χ1) is 9.20. The van der Waals surface area contributed by atoms with E-state index < -0.39 is 0 Å². The monoisotopic (exact) mass is 258 g/mol. The maximum absolute atomic E-state index is 5.80. The van der Waals surface area contributed by atoms with Gasteiger partial charge in [0.1, 0.15) is 5.65 Å². The van der Waals surface area contributed by atoms with Crippen molar-refractivity contribution in [3.05, 3.63) is 35.8 Å². The molecule has 1 aliphatic rings. The minimum Gasteiger partial charge on any atom is -0.325 e. The highest BCUT2D eigenvalue weighted by Crippen LogP contribution is 2.33. The second-order valence-electron chi connectivity index (χ2n) is 5.60. The molecular weight excluding hydrogens is 236 g/mol. The number of hydrogen-bond acceptors (Lipinski definition) is 3. The van der Waals surface area contributed by atoms with Crippen LogP contribution in [0.5, 0.6) is 0 Å². The van der Waals surface area contributed by atoms with Crippen LogP contribution in [0.2, 0.25) is 0 Å². The van der Waals surface area contributed by atoms with Crippen LogP contribution in [0.3, 0.4) is 0 Å². The zero-order valence-corrected chi connectivity index (χ0v) is 11.7. The number of nitrogens with two attached hydrogens (primary N) is 1. The fraction of sp³-hybridized carbons (Fsp3) is 0.533. The van der Waals surface area contributed by atoms with Gasteiger partial charge in [-0.25, -0.2) is 4.98 Å². The molecule has 1 aliphatic heterocycles. The highest BCUT2D eigenvalue weighted by molar-refractivity contribution is 5.42. The van der Waals surface area contributed by atoms with E-state index in [-0.39, 0.29) is 0 Å². The van der Waals surface area contributed by atoms with Crippen molar-refractivity contribution in [2.75, 3.05) is 6.54 Å². The summed E-state index contributed by atoms with van der Waals surface area (Å²) in [6.45, 7) is 6.25. The molecule has 4 nitrogen and oxygen atoms in total. The van der Waals surface area contributed by atoms with Gasteiger partial charge in [0.2, 0.25) is 0 Å². The van der Waals surface area contributed by atoms with Crippen LogP contribution in [0, 0.1) is 0 Å². The molecule has 0 saturated carbocycles. The average molecular weight is 258 g/mol. The zero-order valence-electron chi connectivity index (χ0n) is 11.7. The molecule has 0 radical (unpaired) electrons. The van der Waals surface area contributed by atoms with E-state index in [0.717, 1.165) is 11.3 Å². The number of aromatic nitrogens is 2. The van der Waals surface area contributed by atoms with Crippen molar-refractivity contribution in [2.24, 2.45) is 5.73 Å². The van der Waals surface area contributed by atoms with Gasteiger partial charge >= 0.3 is 0 Å². The molecule has 2 aromatic rings. The van der Waals surface area contributed by atoms with Crippen LogP contribution in [0.1, 0.15) is 44.1 Å². The van der Waals surface area contributed by atoms with E-state index in [4.69, 9.17) is 10.7 Å². The quantitative estimate of drug-likeness (QED) is 0.919. The van der Waals surface area contributed by atoms with E-state index in [1.807, 2.05) is 6.07 Å². The SMILES string of the molecule is CC(C)N1CCCC1c1cn2c(CN)cccc2n1. The van der Waals surface area contributed by atoms with E-state index in [0.29, 0.717) is 18.6 Å². The lowest BCUT2D eigenvalue weighted by molar-refractivity contribution is 0.202. The Morgan fingerprint density at radius 1 is 1.42 bits per heavy atom. The summed E-state index contributed by atoms with van der Waals surface area (Å²) in [5.41, 5.74) is 9.11. The Kier molecular flexibility index (Phi) is 3.29. The van der Waals surface area contributed by atoms with Gasteiger partial charge in [-0.05, 0) is 45.4 Å². The molecule has 1 fully saturated rings. The van der Waals surface area contributed by atoms with Gasteiger partial charge in [-0.2, -0.15) is 0 Å². The van der Waals surface area contributed by atoms with E-state index in [1.165, 1.54) is 25.1 Å². The fourth-order valence-electron chi connectivity index (χ4n) is 3.14. The van der Waals surface area contributed by atoms with E-state index in [9.17, 15) is 0 Å². The first-order valence-electron chi connectivity index (χ1n) is 7.13. The lowest BCUT2D eigenvalue weighted by Gasteiger charge is -2.26. The number of pyridine rings is 1. The van der Waals surface area contributed by atoms with Crippen molar-refractivity contribution >= 4 is 5.65 Å². The standard InChI is InChI=1S/C15H22N4/c1-11(2)18-8-4-6-14(18)13-10-19-12(9-16)5-3-7-15(19)17-13/h3,5,7,10-11,14H,4,6,8-9,16H2,1-2H3. The van der Waals surface area contributed by atoms with Crippen LogP contribution in [-0.2, 0) is 6.54 Å². The predicted molar refractivity (Wildman–Crippen MR) is 76.9 cm³/mol. The predicted octanol–water partition coefficient (Wildman–Crippen LogP) is 2.34. The summed E-state index contributed by atoms with van der Waals surface area (Å²) in [4.78, 5) is 7.35. The van der Waals surface area contributed by atoms with Gasteiger partial charge < -0.3 is 10.1 Å². The summed E-state index contributed by atoms with van der Waals surface area (Å²) in [5, 5.41) is 0. The summed E-state index contributed by atoms with van der Waals surface area (Å²) in [6.07, 6.45) is 4.64. The van der Waals surface area contributed by atoms with E-state index in [2.05, 4.69) is 41.5 Å². The highest BCUT2D eigenvalue weighted by atomic mass is 15.2. The minimum absolute atomic E-state index is 0.463. The van der Waals surface area contributed by atoms with Crippen molar-refractivity contribution in [1.29, 1.82) is 0 Å². The number of imidazole rings is 1. The molecule has 1 saturated heterocycles. The van der Waals surface area contributed by atoms with Gasteiger partial charge in [0.25, 0.3) is 0 Å². The molecule has 102 valence electrons. The molecule has 3 rings (SSSR count). The summed E-state index contributed by atoms with van der Waals surface area (Å²) in [6, 6.07) is 7.19. The molecule has 1 unspecified atom stereocenters. The molecule has 1 atom stereocenters. The molecule has 3 heterocycles. The largest absolute Gasteiger partial charge is 0.325 e. The van der Waals surface area contributed by atoms with Crippen LogP contribution in [0.25, 0.3) is 5.65 Å². The van der Waals surface area contributed by atoms with Crippen LogP contribution in [-0.4, -0.2) is 26.9 Å². The van der Waals surface area contributed by atoms with Gasteiger partial charge in [0.05, 0.1) is 11.7 Å². The molecule has 2 aromatic heterocycles. The average Bonchev–Trinajstić information content (AvgIpc) is 3.03. The Morgan fingerprint density at radius 2 is 2.26 bits per heavy atom. The Bertz CT molecular complexity index is 573. The van der Waals surface area contributed by atoms with Crippen molar-refractivity contribution < 1.29 is 0 Å². The van der Waals surface area contributed by atoms with E-state index >= 15 is 0 Å². The first kappa shape index (κ1) is 12.6. The Balaban J connectivity index is 2.01. The lowest BCUT2D eigenvalue weighted by Crippen LogP contribution is -2.30. The molecule has 19 heavy (non-hydrogen) atoms. The topological polar surface area (TPSA) is 46.6 Å². The molecule has 0 spiro atoms. The molecule has 2 N–H and O–H groups in total. The molecule has 0 bridgehead atoms. The second kappa shape index (κ2) is 4.94. The summed E-state index contributed by atoms with van der Waals surface area (Å²) in [7, 11) is 0. The van der Waals surface area contributed by atoms with Crippen molar-refractivity contribution in [3.8, 4) is 0 Å². The number of likely N-dealkylation sites (tertiary alicyclic amines) is 1. The number of nitrogens with zero attached hydrogens (tertiary/aromatic N) is 3. The summed E-state index contributed by atoms with van der Waals surface area (Å²) in [5.74, 6) is 0.